The Morgan fingerprint density at radius 2 is 1.75 bits per heavy atom. The van der Waals surface area contributed by atoms with Gasteiger partial charge in [0.15, 0.2) is 5.78 Å². The Hall–Kier alpha value is -2.70. The molecule has 1 fully saturated rings. The molecule has 0 aliphatic carbocycles. The summed E-state index contributed by atoms with van der Waals surface area (Å²) in [5, 5.41) is 10.6. The fourth-order valence-electron chi connectivity index (χ4n) is 3.99. The van der Waals surface area contributed by atoms with Crippen molar-refractivity contribution < 1.29 is 19.4 Å². The number of Topliss-reactive ketones (excluding diaryl/α,β-unsaturated/α-hetero) is 2. The average molecular weight is 439 g/mol. The summed E-state index contributed by atoms with van der Waals surface area (Å²) < 4.78 is 5.45. The highest BCUT2D eigenvalue weighted by molar-refractivity contribution is 6.02. The average Bonchev–Trinajstić information content (AvgIpc) is 2.82. The van der Waals surface area contributed by atoms with Crippen molar-refractivity contribution >= 4 is 22.9 Å². The lowest BCUT2D eigenvalue weighted by atomic mass is 9.89. The molecule has 1 unspecified atom stereocenters. The van der Waals surface area contributed by atoms with E-state index in [1.807, 2.05) is 20.2 Å². The lowest BCUT2D eigenvalue weighted by Crippen LogP contribution is -2.36. The van der Waals surface area contributed by atoms with Gasteiger partial charge in [-0.3, -0.25) is 9.59 Å². The van der Waals surface area contributed by atoms with E-state index in [0.717, 1.165) is 37.6 Å². The molecule has 2 aromatic carbocycles. The number of benzene rings is 2. The Bertz CT molecular complexity index is 919. The van der Waals surface area contributed by atoms with E-state index in [2.05, 4.69) is 28.0 Å². The van der Waals surface area contributed by atoms with E-state index in [1.54, 1.807) is 24.3 Å². The molecule has 3 rings (SSSR count). The summed E-state index contributed by atoms with van der Waals surface area (Å²) in [4.78, 5) is 29.5. The van der Waals surface area contributed by atoms with Crippen molar-refractivity contribution in [1.82, 2.24) is 0 Å². The van der Waals surface area contributed by atoms with Crippen LogP contribution in [0.15, 0.2) is 48.5 Å². The van der Waals surface area contributed by atoms with Crippen molar-refractivity contribution in [3.05, 3.63) is 59.7 Å². The number of morpholine rings is 1. The molecule has 0 aromatic heterocycles. The van der Waals surface area contributed by atoms with Crippen molar-refractivity contribution in [3.8, 4) is 0 Å². The van der Waals surface area contributed by atoms with Crippen LogP contribution in [0, 0.1) is 0 Å². The summed E-state index contributed by atoms with van der Waals surface area (Å²) >= 11 is 0. The summed E-state index contributed by atoms with van der Waals surface area (Å²) in [5.41, 5.74) is 2.30. The molecular weight excluding hydrogens is 404 g/mol. The van der Waals surface area contributed by atoms with E-state index in [-0.39, 0.29) is 24.4 Å². The molecule has 0 radical (unpaired) electrons. The maximum Gasteiger partial charge on any atom is 0.194 e. The fraction of sp³-hybridized carbons (Fsp3) is 0.462. The van der Waals surface area contributed by atoms with Gasteiger partial charge in [0.2, 0.25) is 0 Å². The van der Waals surface area contributed by atoms with Crippen LogP contribution in [0.2, 0.25) is 0 Å². The van der Waals surface area contributed by atoms with Gasteiger partial charge in [-0.2, -0.15) is 0 Å². The Morgan fingerprint density at radius 3 is 2.41 bits per heavy atom. The molecule has 1 aliphatic heterocycles. The number of carbonyl (C=O) groups is 2. The van der Waals surface area contributed by atoms with Crippen LogP contribution in [-0.2, 0) is 16.0 Å². The first-order valence-corrected chi connectivity index (χ1v) is 11.2. The predicted molar refractivity (Wildman–Crippen MR) is 128 cm³/mol. The summed E-state index contributed by atoms with van der Waals surface area (Å²) in [7, 11) is 4.02. The minimum atomic E-state index is -1.55. The second-order valence-corrected chi connectivity index (χ2v) is 8.81. The van der Waals surface area contributed by atoms with Crippen molar-refractivity contribution in [1.29, 1.82) is 0 Å². The lowest BCUT2D eigenvalue weighted by molar-refractivity contribution is -0.119. The van der Waals surface area contributed by atoms with Gasteiger partial charge in [0, 0.05) is 57.0 Å². The molecule has 32 heavy (non-hydrogen) atoms. The number of ketones is 2. The first-order valence-electron chi connectivity index (χ1n) is 11.2. The van der Waals surface area contributed by atoms with Crippen LogP contribution < -0.4 is 9.80 Å². The molecule has 1 atom stereocenters. The van der Waals surface area contributed by atoms with Crippen LogP contribution in [0.4, 0.5) is 11.4 Å². The van der Waals surface area contributed by atoms with Gasteiger partial charge in [-0.15, -0.1) is 0 Å². The molecule has 0 saturated carbocycles. The van der Waals surface area contributed by atoms with Gasteiger partial charge in [-0.25, -0.2) is 0 Å². The Kier molecular flexibility index (Phi) is 8.04. The molecule has 6 nitrogen and oxygen atoms in total. The third kappa shape index (κ3) is 6.17. The fourth-order valence-corrected chi connectivity index (χ4v) is 3.99. The molecule has 6 heteroatoms. The van der Waals surface area contributed by atoms with Crippen LogP contribution >= 0.6 is 0 Å². The van der Waals surface area contributed by atoms with Gasteiger partial charge in [0.25, 0.3) is 0 Å². The van der Waals surface area contributed by atoms with Gasteiger partial charge in [0.05, 0.1) is 13.2 Å². The zero-order valence-electron chi connectivity index (χ0n) is 19.3. The Morgan fingerprint density at radius 1 is 1.06 bits per heavy atom. The minimum absolute atomic E-state index is 0.0492. The van der Waals surface area contributed by atoms with Crippen LogP contribution in [0.1, 0.15) is 42.1 Å². The monoisotopic (exact) mass is 438 g/mol. The standard InChI is InChI=1S/C26H34N2O4/c1-26(31,25(30)21-7-5-4-6-8-21)14-13-23(29)12-10-20-9-11-22(19-24(20)27(2)3)28-15-17-32-18-16-28/h4-9,11,19,31H,10,12-18H2,1-3H3. The minimum Gasteiger partial charge on any atom is -0.382 e. The number of ether oxygens (including phenoxy) is 1. The Labute approximate surface area is 190 Å². The number of nitrogens with zero attached hydrogens (tertiary/aromatic N) is 2. The maximum absolute atomic E-state index is 12.6. The van der Waals surface area contributed by atoms with Crippen LogP contribution in [-0.4, -0.2) is 62.7 Å². The van der Waals surface area contributed by atoms with E-state index in [0.29, 0.717) is 18.4 Å². The smallest absolute Gasteiger partial charge is 0.194 e. The van der Waals surface area contributed by atoms with E-state index >= 15 is 0 Å². The summed E-state index contributed by atoms with van der Waals surface area (Å²) in [6.07, 6.45) is 1.31. The Balaban J connectivity index is 1.57. The van der Waals surface area contributed by atoms with E-state index in [4.69, 9.17) is 4.74 Å². The molecule has 0 spiro atoms. The third-order valence-corrected chi connectivity index (χ3v) is 6.02. The summed E-state index contributed by atoms with van der Waals surface area (Å²) in [6, 6.07) is 15.1. The summed E-state index contributed by atoms with van der Waals surface area (Å²) in [6.45, 7) is 4.73. The van der Waals surface area contributed by atoms with Gasteiger partial charge in [-0.1, -0.05) is 36.4 Å². The molecule has 2 aromatic rings. The molecule has 1 aliphatic rings. The van der Waals surface area contributed by atoms with Crippen molar-refractivity contribution in [3.63, 3.8) is 0 Å². The topological polar surface area (TPSA) is 70.1 Å². The van der Waals surface area contributed by atoms with E-state index in [1.165, 1.54) is 12.6 Å². The first kappa shape index (κ1) is 24.0. The third-order valence-electron chi connectivity index (χ3n) is 6.02. The number of rotatable bonds is 10. The lowest BCUT2D eigenvalue weighted by Gasteiger charge is -2.30. The SMILES string of the molecule is CN(C)c1cc(N2CCOCC2)ccc1CCC(=O)CCC(C)(O)C(=O)c1ccccc1. The predicted octanol–water partition coefficient (Wildman–Crippen LogP) is 3.51. The highest BCUT2D eigenvalue weighted by Crippen LogP contribution is 2.28. The van der Waals surface area contributed by atoms with Crippen molar-refractivity contribution in [2.24, 2.45) is 0 Å². The second kappa shape index (κ2) is 10.7. The molecule has 172 valence electrons. The van der Waals surface area contributed by atoms with Gasteiger partial charge < -0.3 is 19.6 Å². The zero-order chi connectivity index (χ0) is 23.1. The normalized spacial score (nSPS) is 15.8. The maximum atomic E-state index is 12.6. The van der Waals surface area contributed by atoms with Gasteiger partial charge in [0.1, 0.15) is 11.4 Å². The molecular formula is C26H34N2O4. The molecule has 0 bridgehead atoms. The molecule has 1 heterocycles. The van der Waals surface area contributed by atoms with Crippen LogP contribution in [0.25, 0.3) is 0 Å². The molecule has 0 amide bonds. The highest BCUT2D eigenvalue weighted by atomic mass is 16.5. The molecule has 1 saturated heterocycles. The molecule has 1 N–H and O–H groups in total. The van der Waals surface area contributed by atoms with E-state index < -0.39 is 5.60 Å². The summed E-state index contributed by atoms with van der Waals surface area (Å²) in [5.74, 6) is -0.299. The number of anilines is 2. The number of hydrogen-bond acceptors (Lipinski definition) is 6. The number of hydrogen-bond donors (Lipinski definition) is 1. The second-order valence-electron chi connectivity index (χ2n) is 8.81. The highest BCUT2D eigenvalue weighted by Gasteiger charge is 2.31. The quantitative estimate of drug-likeness (QED) is 0.573. The van der Waals surface area contributed by atoms with E-state index in [9.17, 15) is 14.7 Å². The van der Waals surface area contributed by atoms with Crippen LogP contribution in [0.5, 0.6) is 0 Å². The van der Waals surface area contributed by atoms with Gasteiger partial charge >= 0.3 is 0 Å². The van der Waals surface area contributed by atoms with Crippen molar-refractivity contribution in [2.75, 3.05) is 50.2 Å². The largest absolute Gasteiger partial charge is 0.382 e. The van der Waals surface area contributed by atoms with Gasteiger partial charge in [-0.05, 0) is 37.5 Å². The number of aliphatic hydroxyl groups is 1. The zero-order valence-corrected chi connectivity index (χ0v) is 19.3. The number of carbonyl (C=O) groups excluding carboxylic acids is 2. The van der Waals surface area contributed by atoms with Crippen LogP contribution in [0.3, 0.4) is 0 Å². The van der Waals surface area contributed by atoms with Crippen molar-refractivity contribution in [2.45, 2.75) is 38.2 Å². The first-order chi connectivity index (χ1) is 15.3. The number of aryl methyl sites for hydroxylation is 1.